The highest BCUT2D eigenvalue weighted by molar-refractivity contribution is 5.94. The topological polar surface area (TPSA) is 105 Å². The van der Waals surface area contributed by atoms with Gasteiger partial charge in [0.2, 0.25) is 0 Å². The largest absolute Gasteiger partial charge is 0.462 e. The lowest BCUT2D eigenvalue weighted by Gasteiger charge is -2.07. The van der Waals surface area contributed by atoms with Crippen LogP contribution >= 0.6 is 0 Å². The first-order valence-electron chi connectivity index (χ1n) is 20.3. The van der Waals surface area contributed by atoms with Gasteiger partial charge in [0.25, 0.3) is 0 Å². The summed E-state index contributed by atoms with van der Waals surface area (Å²) >= 11 is 0. The van der Waals surface area contributed by atoms with Gasteiger partial charge in [-0.15, -0.1) is 0 Å². The quantitative estimate of drug-likeness (QED) is 0.0425. The predicted octanol–water partition coefficient (Wildman–Crippen LogP) is 12.9. The van der Waals surface area contributed by atoms with E-state index in [9.17, 15) is 19.2 Å². The summed E-state index contributed by atoms with van der Waals surface area (Å²) in [6.07, 6.45) is 24.3. The Labute approximate surface area is 328 Å². The van der Waals surface area contributed by atoms with Gasteiger partial charge in [0, 0.05) is 0 Å². The molecule has 0 spiro atoms. The minimum Gasteiger partial charge on any atom is -0.462 e. The van der Waals surface area contributed by atoms with Crippen LogP contribution in [0.2, 0.25) is 0 Å². The second-order valence-electron chi connectivity index (χ2n) is 13.8. The molecule has 0 amide bonds. The molecule has 2 aromatic carbocycles. The van der Waals surface area contributed by atoms with E-state index in [2.05, 4.69) is 13.8 Å². The number of rotatable bonds is 31. The number of benzene rings is 2. The lowest BCUT2D eigenvalue weighted by molar-refractivity contribution is 0.0483. The van der Waals surface area contributed by atoms with Crippen molar-refractivity contribution in [1.82, 2.24) is 0 Å². The Balaban J connectivity index is 0.0000140. The Morgan fingerprint density at radius 2 is 0.481 bits per heavy atom. The van der Waals surface area contributed by atoms with Crippen molar-refractivity contribution in [3.63, 3.8) is 0 Å². The number of esters is 4. The zero-order valence-corrected chi connectivity index (χ0v) is 32.3. The van der Waals surface area contributed by atoms with Gasteiger partial charge < -0.3 is 18.9 Å². The van der Waals surface area contributed by atoms with Gasteiger partial charge >= 0.3 is 23.9 Å². The standard InChI is InChI=1S/C44H66O8.2CH4/c1-3-5-7-9-17-21-33-49-41(45)37-25-29-39(30-26-37)43(47)51-35-23-19-15-13-11-12-14-16-20-24-36-52-44(48)40-31-27-38(28-32-40)42(46)50-34-22-18-10-8-6-4-2;;/h25-32H,3-24,33-36H2,1-2H3;2*1H4. The van der Waals surface area contributed by atoms with Crippen molar-refractivity contribution in [1.29, 1.82) is 0 Å². The fourth-order valence-corrected chi connectivity index (χ4v) is 5.86. The van der Waals surface area contributed by atoms with Gasteiger partial charge in [-0.1, -0.05) is 144 Å². The molecule has 0 aliphatic heterocycles. The normalized spacial score (nSPS) is 10.5. The Morgan fingerprint density at radius 3 is 0.667 bits per heavy atom. The molecule has 2 aromatic rings. The highest BCUT2D eigenvalue weighted by Crippen LogP contribution is 2.14. The van der Waals surface area contributed by atoms with Crippen LogP contribution in [0.5, 0.6) is 0 Å². The highest BCUT2D eigenvalue weighted by atomic mass is 16.5. The zero-order valence-electron chi connectivity index (χ0n) is 32.3. The molecule has 0 fully saturated rings. The predicted molar refractivity (Wildman–Crippen MR) is 220 cm³/mol. The fourth-order valence-electron chi connectivity index (χ4n) is 5.86. The number of carbonyl (C=O) groups excluding carboxylic acids is 4. The molecule has 0 unspecified atom stereocenters. The number of ether oxygens (including phenoxy) is 4. The lowest BCUT2D eigenvalue weighted by Crippen LogP contribution is -2.09. The third-order valence-electron chi connectivity index (χ3n) is 9.18. The van der Waals surface area contributed by atoms with Gasteiger partial charge in [0.15, 0.2) is 0 Å². The van der Waals surface area contributed by atoms with E-state index in [0.717, 1.165) is 77.0 Å². The number of hydrogen-bond acceptors (Lipinski definition) is 8. The molecule has 306 valence electrons. The molecule has 0 atom stereocenters. The molecule has 0 aromatic heterocycles. The van der Waals surface area contributed by atoms with Gasteiger partial charge in [-0.2, -0.15) is 0 Å². The molecule has 0 saturated carbocycles. The van der Waals surface area contributed by atoms with E-state index in [0.29, 0.717) is 48.7 Å². The van der Waals surface area contributed by atoms with Crippen LogP contribution in [-0.2, 0) is 18.9 Å². The molecule has 0 bridgehead atoms. The van der Waals surface area contributed by atoms with Crippen LogP contribution in [-0.4, -0.2) is 50.3 Å². The van der Waals surface area contributed by atoms with Crippen LogP contribution in [0, 0.1) is 0 Å². The molecule has 0 N–H and O–H groups in total. The molecule has 8 nitrogen and oxygen atoms in total. The van der Waals surface area contributed by atoms with Crippen molar-refractivity contribution in [3.05, 3.63) is 70.8 Å². The van der Waals surface area contributed by atoms with Gasteiger partial charge in [-0.25, -0.2) is 19.2 Å². The summed E-state index contributed by atoms with van der Waals surface area (Å²) in [6.45, 7) is 6.02. The summed E-state index contributed by atoms with van der Waals surface area (Å²) in [6, 6.07) is 13.0. The maximum atomic E-state index is 12.4. The molecular formula is C46H74O8. The second-order valence-corrected chi connectivity index (χ2v) is 13.8. The van der Waals surface area contributed by atoms with E-state index < -0.39 is 0 Å². The summed E-state index contributed by atoms with van der Waals surface area (Å²) in [4.78, 5) is 49.2. The maximum absolute atomic E-state index is 12.4. The third-order valence-corrected chi connectivity index (χ3v) is 9.18. The van der Waals surface area contributed by atoms with Gasteiger partial charge in [0.1, 0.15) is 0 Å². The summed E-state index contributed by atoms with van der Waals surface area (Å²) in [5.74, 6) is -1.45. The Bertz CT molecular complexity index is 1140. The molecule has 54 heavy (non-hydrogen) atoms. The van der Waals surface area contributed by atoms with E-state index in [-0.39, 0.29) is 38.7 Å². The van der Waals surface area contributed by atoms with E-state index in [1.165, 1.54) is 64.2 Å². The Hall–Kier alpha value is -3.68. The first kappa shape index (κ1) is 50.3. The third kappa shape index (κ3) is 23.9. The summed E-state index contributed by atoms with van der Waals surface area (Å²) in [5.41, 5.74) is 1.77. The molecule has 0 heterocycles. The first-order chi connectivity index (χ1) is 25.5. The minimum absolute atomic E-state index is 0. The number of carbonyl (C=O) groups is 4. The van der Waals surface area contributed by atoms with Crippen molar-refractivity contribution in [2.75, 3.05) is 26.4 Å². The molecule has 0 aliphatic carbocycles. The highest BCUT2D eigenvalue weighted by Gasteiger charge is 2.12. The van der Waals surface area contributed by atoms with Gasteiger partial charge in [-0.3, -0.25) is 0 Å². The van der Waals surface area contributed by atoms with Crippen LogP contribution in [0.25, 0.3) is 0 Å². The van der Waals surface area contributed by atoms with Crippen LogP contribution in [0.4, 0.5) is 0 Å². The summed E-state index contributed by atoms with van der Waals surface area (Å²) < 4.78 is 21.5. The monoisotopic (exact) mass is 755 g/mol. The average Bonchev–Trinajstić information content (AvgIpc) is 3.17. The van der Waals surface area contributed by atoms with Crippen molar-refractivity contribution in [3.8, 4) is 0 Å². The van der Waals surface area contributed by atoms with E-state index in [4.69, 9.17) is 18.9 Å². The number of hydrogen-bond donors (Lipinski definition) is 0. The summed E-state index contributed by atoms with van der Waals surface area (Å²) in [7, 11) is 0. The Kier molecular flexibility index (Phi) is 31.5. The molecular weight excluding hydrogens is 680 g/mol. The van der Waals surface area contributed by atoms with Crippen molar-refractivity contribution >= 4 is 23.9 Å². The fraction of sp³-hybridized carbons (Fsp3) is 0.652. The van der Waals surface area contributed by atoms with Crippen LogP contribution in [0.1, 0.15) is 211 Å². The number of unbranched alkanes of at least 4 members (excludes halogenated alkanes) is 19. The average molecular weight is 755 g/mol. The van der Waals surface area contributed by atoms with E-state index in [1.54, 1.807) is 48.5 Å². The molecule has 0 radical (unpaired) electrons. The van der Waals surface area contributed by atoms with Crippen molar-refractivity contribution in [2.24, 2.45) is 0 Å². The molecule has 8 heteroatoms. The van der Waals surface area contributed by atoms with Crippen LogP contribution < -0.4 is 0 Å². The van der Waals surface area contributed by atoms with Crippen LogP contribution in [0.15, 0.2) is 48.5 Å². The zero-order chi connectivity index (χ0) is 37.5. The molecule has 0 aliphatic rings. The lowest BCUT2D eigenvalue weighted by atomic mass is 10.1. The summed E-state index contributed by atoms with van der Waals surface area (Å²) in [5, 5.41) is 0. The second kappa shape index (κ2) is 33.9. The van der Waals surface area contributed by atoms with Gasteiger partial charge in [-0.05, 0) is 74.2 Å². The van der Waals surface area contributed by atoms with Crippen molar-refractivity contribution < 1.29 is 38.1 Å². The molecule has 0 saturated heterocycles. The first-order valence-corrected chi connectivity index (χ1v) is 20.3. The Morgan fingerprint density at radius 1 is 0.315 bits per heavy atom. The SMILES string of the molecule is C.C.CCCCCCCCOC(=O)c1ccc(C(=O)OCCCCCCCCCCCCOC(=O)c2ccc(C(=O)OCCCCCCCC)cc2)cc1. The minimum atomic E-state index is -0.367. The smallest absolute Gasteiger partial charge is 0.338 e. The van der Waals surface area contributed by atoms with Crippen molar-refractivity contribution in [2.45, 2.75) is 170 Å². The van der Waals surface area contributed by atoms with Gasteiger partial charge in [0.05, 0.1) is 48.7 Å². The van der Waals surface area contributed by atoms with E-state index >= 15 is 0 Å². The van der Waals surface area contributed by atoms with Crippen LogP contribution in [0.3, 0.4) is 0 Å². The molecule has 2 rings (SSSR count). The van der Waals surface area contributed by atoms with E-state index in [1.807, 2.05) is 0 Å². The maximum Gasteiger partial charge on any atom is 0.338 e.